The molecule has 7 heteroatoms. The Morgan fingerprint density at radius 3 is 2.48 bits per heavy atom. The molecule has 0 aromatic carbocycles. The van der Waals surface area contributed by atoms with Crippen molar-refractivity contribution in [1.82, 2.24) is 9.78 Å². The number of aromatic nitrogens is 2. The van der Waals surface area contributed by atoms with Crippen LogP contribution in [0.1, 0.15) is 43.6 Å². The maximum Gasteiger partial charge on any atom is 0.313 e. The molecule has 21 heavy (non-hydrogen) atoms. The molecule has 1 unspecified atom stereocenters. The van der Waals surface area contributed by atoms with Gasteiger partial charge < -0.3 is 4.74 Å². The zero-order chi connectivity index (χ0) is 16.2. The number of ether oxygens (including phenoxy) is 1. The van der Waals surface area contributed by atoms with Gasteiger partial charge in [-0.2, -0.15) is 5.10 Å². The minimum Gasteiger partial charge on any atom is -0.466 e. The molecule has 0 amide bonds. The summed E-state index contributed by atoms with van der Waals surface area (Å²) in [7, 11) is -3.04. The van der Waals surface area contributed by atoms with Crippen LogP contribution < -0.4 is 0 Å². The van der Waals surface area contributed by atoms with Crippen LogP contribution in [0.5, 0.6) is 0 Å². The van der Waals surface area contributed by atoms with Gasteiger partial charge in [-0.15, -0.1) is 0 Å². The van der Waals surface area contributed by atoms with E-state index < -0.39 is 15.8 Å². The van der Waals surface area contributed by atoms with Gasteiger partial charge in [0.15, 0.2) is 9.84 Å². The Morgan fingerprint density at radius 1 is 1.33 bits per heavy atom. The molecule has 0 aliphatic heterocycles. The van der Waals surface area contributed by atoms with Gasteiger partial charge in [0, 0.05) is 17.0 Å². The van der Waals surface area contributed by atoms with E-state index in [9.17, 15) is 13.2 Å². The second-order valence-corrected chi connectivity index (χ2v) is 7.49. The van der Waals surface area contributed by atoms with Crippen LogP contribution in [0.25, 0.3) is 0 Å². The van der Waals surface area contributed by atoms with Crippen molar-refractivity contribution in [3.05, 3.63) is 17.0 Å². The highest BCUT2D eigenvalue weighted by Gasteiger charge is 2.24. The Balaban J connectivity index is 2.97. The molecule has 0 fully saturated rings. The molecular formula is C14H24N2O4S. The van der Waals surface area contributed by atoms with E-state index in [4.69, 9.17) is 4.74 Å². The van der Waals surface area contributed by atoms with Crippen molar-refractivity contribution in [3.8, 4) is 0 Å². The minimum atomic E-state index is -3.04. The minimum absolute atomic E-state index is 0.0543. The predicted molar refractivity (Wildman–Crippen MR) is 81.1 cm³/mol. The number of aryl methyl sites for hydroxylation is 2. The van der Waals surface area contributed by atoms with Crippen LogP contribution in [0.2, 0.25) is 0 Å². The van der Waals surface area contributed by atoms with E-state index in [0.29, 0.717) is 13.2 Å². The SMILES string of the molecule is CCOC(=O)C(C)c1c(C)nn(CCS(=O)(=O)CC)c1C. The van der Waals surface area contributed by atoms with Crippen LogP contribution in [0, 0.1) is 13.8 Å². The zero-order valence-electron chi connectivity index (χ0n) is 13.3. The molecular weight excluding hydrogens is 292 g/mol. The first-order valence-corrected chi connectivity index (χ1v) is 8.96. The monoisotopic (exact) mass is 316 g/mol. The summed E-state index contributed by atoms with van der Waals surface area (Å²) >= 11 is 0. The summed E-state index contributed by atoms with van der Waals surface area (Å²) in [6.45, 7) is 9.49. The Hall–Kier alpha value is -1.37. The molecule has 0 spiro atoms. The molecule has 1 heterocycles. The summed E-state index contributed by atoms with van der Waals surface area (Å²) < 4.78 is 29.9. The highest BCUT2D eigenvalue weighted by Crippen LogP contribution is 2.24. The molecule has 1 aromatic rings. The Labute approximate surface area is 126 Å². The highest BCUT2D eigenvalue weighted by molar-refractivity contribution is 7.91. The number of esters is 1. The maximum absolute atomic E-state index is 11.9. The van der Waals surface area contributed by atoms with E-state index in [1.807, 2.05) is 13.8 Å². The number of rotatable bonds is 7. The lowest BCUT2D eigenvalue weighted by atomic mass is 9.99. The fourth-order valence-electron chi connectivity index (χ4n) is 2.31. The van der Waals surface area contributed by atoms with Gasteiger partial charge in [-0.05, 0) is 27.7 Å². The van der Waals surface area contributed by atoms with Crippen molar-refractivity contribution < 1.29 is 17.9 Å². The first-order chi connectivity index (χ1) is 9.73. The second-order valence-electron chi connectivity index (χ2n) is 5.02. The average molecular weight is 316 g/mol. The van der Waals surface area contributed by atoms with E-state index in [-0.39, 0.29) is 17.5 Å². The lowest BCUT2D eigenvalue weighted by Gasteiger charge is -2.11. The van der Waals surface area contributed by atoms with Gasteiger partial charge in [-0.25, -0.2) is 8.42 Å². The summed E-state index contributed by atoms with van der Waals surface area (Å²) in [5.41, 5.74) is 2.38. The van der Waals surface area contributed by atoms with E-state index in [2.05, 4.69) is 5.10 Å². The summed E-state index contributed by atoms with van der Waals surface area (Å²) in [5.74, 6) is -0.511. The third kappa shape index (κ3) is 4.30. The third-order valence-electron chi connectivity index (χ3n) is 3.56. The summed E-state index contributed by atoms with van der Waals surface area (Å²) in [6, 6.07) is 0. The molecule has 0 bridgehead atoms. The lowest BCUT2D eigenvalue weighted by molar-refractivity contribution is -0.144. The molecule has 0 aliphatic carbocycles. The molecule has 1 aromatic heterocycles. The first-order valence-electron chi connectivity index (χ1n) is 7.14. The van der Waals surface area contributed by atoms with Gasteiger partial charge in [-0.3, -0.25) is 9.48 Å². The van der Waals surface area contributed by atoms with Crippen LogP contribution >= 0.6 is 0 Å². The molecule has 1 atom stereocenters. The van der Waals surface area contributed by atoms with Crippen molar-refractivity contribution in [3.63, 3.8) is 0 Å². The molecule has 0 saturated carbocycles. The topological polar surface area (TPSA) is 78.3 Å². The van der Waals surface area contributed by atoms with Gasteiger partial charge in [0.1, 0.15) is 0 Å². The molecule has 0 radical (unpaired) electrons. The third-order valence-corrected chi connectivity index (χ3v) is 5.25. The molecule has 0 aliphatic rings. The second kappa shape index (κ2) is 7.06. The fourth-order valence-corrected chi connectivity index (χ4v) is 3.05. The number of sulfone groups is 1. The fraction of sp³-hybridized carbons (Fsp3) is 0.714. The molecule has 0 N–H and O–H groups in total. The number of carbonyl (C=O) groups is 1. The van der Waals surface area contributed by atoms with Crippen molar-refractivity contribution in [2.24, 2.45) is 0 Å². The van der Waals surface area contributed by atoms with Crippen molar-refractivity contribution in [1.29, 1.82) is 0 Å². The van der Waals surface area contributed by atoms with Crippen LogP contribution in [-0.2, 0) is 25.9 Å². The molecule has 120 valence electrons. The van der Waals surface area contributed by atoms with Gasteiger partial charge >= 0.3 is 5.97 Å². The van der Waals surface area contributed by atoms with Gasteiger partial charge in [0.25, 0.3) is 0 Å². The number of hydrogen-bond acceptors (Lipinski definition) is 5. The summed E-state index contributed by atoms with van der Waals surface area (Å²) in [5, 5.41) is 4.36. The molecule has 6 nitrogen and oxygen atoms in total. The average Bonchev–Trinajstić information content (AvgIpc) is 2.71. The van der Waals surface area contributed by atoms with Crippen LogP contribution in [0.4, 0.5) is 0 Å². The Bertz CT molecular complexity index is 605. The Morgan fingerprint density at radius 2 is 1.95 bits per heavy atom. The number of nitrogens with zero attached hydrogens (tertiary/aromatic N) is 2. The van der Waals surface area contributed by atoms with Crippen molar-refractivity contribution in [2.45, 2.75) is 47.1 Å². The van der Waals surface area contributed by atoms with E-state index >= 15 is 0 Å². The van der Waals surface area contributed by atoms with Crippen LogP contribution in [0.15, 0.2) is 0 Å². The Kier molecular flexibility index (Phi) is 5.95. The normalized spacial score (nSPS) is 13.2. The van der Waals surface area contributed by atoms with E-state index in [1.54, 1.807) is 25.5 Å². The van der Waals surface area contributed by atoms with Crippen molar-refractivity contribution >= 4 is 15.8 Å². The first kappa shape index (κ1) is 17.7. The van der Waals surface area contributed by atoms with Crippen LogP contribution in [0.3, 0.4) is 0 Å². The highest BCUT2D eigenvalue weighted by atomic mass is 32.2. The maximum atomic E-state index is 11.9. The summed E-state index contributed by atoms with van der Waals surface area (Å²) in [4.78, 5) is 11.9. The standard InChI is InChI=1S/C14H24N2O4S/c1-6-20-14(17)10(3)13-11(4)15-16(12(13)5)8-9-21(18,19)7-2/h10H,6-9H2,1-5H3. The quantitative estimate of drug-likeness (QED) is 0.714. The number of hydrogen-bond donors (Lipinski definition) is 0. The van der Waals surface area contributed by atoms with Gasteiger partial charge in [0.05, 0.1) is 30.5 Å². The lowest BCUT2D eigenvalue weighted by Crippen LogP contribution is -2.17. The predicted octanol–water partition coefficient (Wildman–Crippen LogP) is 1.60. The van der Waals surface area contributed by atoms with E-state index in [0.717, 1.165) is 17.0 Å². The van der Waals surface area contributed by atoms with Gasteiger partial charge in [-0.1, -0.05) is 6.92 Å². The summed E-state index contributed by atoms with van der Waals surface area (Å²) in [6.07, 6.45) is 0. The van der Waals surface area contributed by atoms with Crippen LogP contribution in [-0.4, -0.2) is 42.3 Å². The van der Waals surface area contributed by atoms with Crippen molar-refractivity contribution in [2.75, 3.05) is 18.1 Å². The van der Waals surface area contributed by atoms with E-state index in [1.165, 1.54) is 0 Å². The number of carbonyl (C=O) groups excluding carboxylic acids is 1. The van der Waals surface area contributed by atoms with Gasteiger partial charge in [0.2, 0.25) is 0 Å². The molecule has 0 saturated heterocycles. The zero-order valence-corrected chi connectivity index (χ0v) is 14.2. The smallest absolute Gasteiger partial charge is 0.313 e. The molecule has 1 rings (SSSR count). The largest absolute Gasteiger partial charge is 0.466 e.